The van der Waals surface area contributed by atoms with Gasteiger partial charge in [-0.2, -0.15) is 0 Å². The van der Waals surface area contributed by atoms with Crippen LogP contribution in [-0.2, 0) is 9.47 Å². The second-order valence-corrected chi connectivity index (χ2v) is 7.82. The molecule has 0 aliphatic heterocycles. The summed E-state index contributed by atoms with van der Waals surface area (Å²) in [7, 11) is 2.61. The first-order chi connectivity index (χ1) is 15.9. The van der Waals surface area contributed by atoms with E-state index in [2.05, 4.69) is 9.97 Å². The second kappa shape index (κ2) is 7.86. The van der Waals surface area contributed by atoms with Gasteiger partial charge >= 0.3 is 11.9 Å². The maximum absolute atomic E-state index is 14.6. The predicted molar refractivity (Wildman–Crippen MR) is 124 cm³/mol. The number of H-pyrrole nitrogens is 1. The third-order valence-corrected chi connectivity index (χ3v) is 5.91. The summed E-state index contributed by atoms with van der Waals surface area (Å²) in [6, 6.07) is 14.6. The van der Waals surface area contributed by atoms with Crippen LogP contribution < -0.4 is 0 Å². The molecule has 1 N–H and O–H groups in total. The molecule has 6 nitrogen and oxygen atoms in total. The Morgan fingerprint density at radius 2 is 1.48 bits per heavy atom. The highest BCUT2D eigenvalue weighted by molar-refractivity contribution is 6.33. The number of aromatic nitrogens is 2. The largest absolute Gasteiger partial charge is 0.465 e. The van der Waals surface area contributed by atoms with Crippen molar-refractivity contribution in [2.45, 2.75) is 0 Å². The Hall–Kier alpha value is -3.97. The minimum Gasteiger partial charge on any atom is -0.465 e. The molecular formula is C25H16ClFN2O4. The summed E-state index contributed by atoms with van der Waals surface area (Å²) in [4.78, 5) is 32.2. The molecule has 1 aromatic heterocycles. The third-order valence-electron chi connectivity index (χ3n) is 5.60. The highest BCUT2D eigenvalue weighted by Gasteiger charge is 2.20. The van der Waals surface area contributed by atoms with Gasteiger partial charge in [0.05, 0.1) is 47.0 Å². The maximum atomic E-state index is 14.6. The van der Waals surface area contributed by atoms with Gasteiger partial charge in [0, 0.05) is 10.8 Å². The lowest BCUT2D eigenvalue weighted by Gasteiger charge is -2.09. The van der Waals surface area contributed by atoms with Crippen LogP contribution in [0.5, 0.6) is 0 Å². The number of hydrogen-bond acceptors (Lipinski definition) is 5. The summed E-state index contributed by atoms with van der Waals surface area (Å²) < 4.78 is 24.3. The summed E-state index contributed by atoms with van der Waals surface area (Å²) in [5.74, 6) is -1.21. The molecule has 5 rings (SSSR count). The van der Waals surface area contributed by atoms with Crippen LogP contribution in [-0.4, -0.2) is 36.1 Å². The molecule has 0 bridgehead atoms. The van der Waals surface area contributed by atoms with Gasteiger partial charge in [0.15, 0.2) is 0 Å². The van der Waals surface area contributed by atoms with E-state index < -0.39 is 17.8 Å². The van der Waals surface area contributed by atoms with E-state index in [1.165, 1.54) is 26.4 Å². The van der Waals surface area contributed by atoms with Crippen molar-refractivity contribution >= 4 is 56.1 Å². The van der Waals surface area contributed by atoms with Crippen LogP contribution in [0.3, 0.4) is 0 Å². The molecule has 0 spiro atoms. The lowest BCUT2D eigenvalue weighted by atomic mass is 9.96. The Bertz CT molecular complexity index is 1500. The van der Waals surface area contributed by atoms with Crippen molar-refractivity contribution in [1.29, 1.82) is 0 Å². The van der Waals surface area contributed by atoms with E-state index in [-0.39, 0.29) is 16.4 Å². The lowest BCUT2D eigenvalue weighted by molar-refractivity contribution is 0.0592. The van der Waals surface area contributed by atoms with Crippen LogP contribution in [0.2, 0.25) is 5.02 Å². The minimum atomic E-state index is -0.504. The molecule has 0 amide bonds. The fourth-order valence-corrected chi connectivity index (χ4v) is 4.31. The second-order valence-electron chi connectivity index (χ2n) is 7.41. The number of carbonyl (C=O) groups is 2. The normalized spacial score (nSPS) is 11.3. The molecule has 0 atom stereocenters. The van der Waals surface area contributed by atoms with Gasteiger partial charge in [0.25, 0.3) is 0 Å². The van der Waals surface area contributed by atoms with Crippen LogP contribution in [0.1, 0.15) is 20.7 Å². The van der Waals surface area contributed by atoms with Crippen molar-refractivity contribution in [3.63, 3.8) is 0 Å². The summed E-state index contributed by atoms with van der Waals surface area (Å²) in [6.07, 6.45) is 0. The zero-order valence-electron chi connectivity index (χ0n) is 17.5. The molecular weight excluding hydrogens is 447 g/mol. The van der Waals surface area contributed by atoms with E-state index in [0.717, 1.165) is 5.39 Å². The molecule has 8 heteroatoms. The van der Waals surface area contributed by atoms with Crippen LogP contribution in [0, 0.1) is 5.82 Å². The molecule has 33 heavy (non-hydrogen) atoms. The van der Waals surface area contributed by atoms with Gasteiger partial charge in [-0.3, -0.25) is 0 Å². The third kappa shape index (κ3) is 3.29. The highest BCUT2D eigenvalue weighted by Crippen LogP contribution is 2.38. The molecule has 0 unspecified atom stereocenters. The molecule has 0 aliphatic rings. The first kappa shape index (κ1) is 20.9. The van der Waals surface area contributed by atoms with Crippen LogP contribution in [0.25, 0.3) is 44.0 Å². The molecule has 0 fully saturated rings. The SMILES string of the molecule is COC(=O)c1ccc2c(c1)c1cc(C(=O)OC)ccc1c1[nH]c(-c3c(F)cccc3Cl)nc21. The number of benzene rings is 4. The Morgan fingerprint density at radius 1 is 0.879 bits per heavy atom. The quantitative estimate of drug-likeness (QED) is 0.266. The molecule has 5 aromatic rings. The number of nitrogens with zero attached hydrogens (tertiary/aromatic N) is 1. The van der Waals surface area contributed by atoms with Crippen molar-refractivity contribution in [2.75, 3.05) is 14.2 Å². The zero-order chi connectivity index (χ0) is 23.3. The van der Waals surface area contributed by atoms with Crippen molar-refractivity contribution in [3.8, 4) is 11.4 Å². The Balaban J connectivity index is 1.91. The van der Waals surface area contributed by atoms with Crippen LogP contribution in [0.4, 0.5) is 4.39 Å². The van der Waals surface area contributed by atoms with Gasteiger partial charge in [-0.15, -0.1) is 0 Å². The lowest BCUT2D eigenvalue weighted by Crippen LogP contribution is -2.02. The molecule has 0 saturated carbocycles. The van der Waals surface area contributed by atoms with Crippen molar-refractivity contribution < 1.29 is 23.5 Å². The summed E-state index contributed by atoms with van der Waals surface area (Å²) in [6.45, 7) is 0. The van der Waals surface area contributed by atoms with E-state index in [4.69, 9.17) is 21.1 Å². The molecule has 0 radical (unpaired) electrons. The van der Waals surface area contributed by atoms with Crippen molar-refractivity contribution in [2.24, 2.45) is 0 Å². The average molecular weight is 463 g/mol. The number of hydrogen-bond donors (Lipinski definition) is 1. The van der Waals surface area contributed by atoms with E-state index in [1.54, 1.807) is 42.5 Å². The Kier molecular flexibility index (Phi) is 4.98. The summed E-state index contributed by atoms with van der Waals surface area (Å²) >= 11 is 6.27. The van der Waals surface area contributed by atoms with E-state index in [0.29, 0.717) is 38.3 Å². The molecule has 164 valence electrons. The summed E-state index contributed by atoms with van der Waals surface area (Å²) in [5.41, 5.74) is 2.09. The van der Waals surface area contributed by atoms with Gasteiger partial charge in [-0.05, 0) is 47.2 Å². The number of carbonyl (C=O) groups excluding carboxylic acids is 2. The van der Waals surface area contributed by atoms with E-state index >= 15 is 0 Å². The zero-order valence-corrected chi connectivity index (χ0v) is 18.3. The maximum Gasteiger partial charge on any atom is 0.337 e. The van der Waals surface area contributed by atoms with Gasteiger partial charge in [-0.1, -0.05) is 29.8 Å². The highest BCUT2D eigenvalue weighted by atomic mass is 35.5. The smallest absolute Gasteiger partial charge is 0.337 e. The number of esters is 2. The molecule has 0 saturated heterocycles. The van der Waals surface area contributed by atoms with Gasteiger partial charge in [-0.25, -0.2) is 19.0 Å². The number of nitrogens with one attached hydrogen (secondary N) is 1. The monoisotopic (exact) mass is 462 g/mol. The summed E-state index contributed by atoms with van der Waals surface area (Å²) in [5, 5.41) is 3.05. The Labute approximate surface area is 191 Å². The fourth-order valence-electron chi connectivity index (χ4n) is 4.05. The first-order valence-corrected chi connectivity index (χ1v) is 10.3. The van der Waals surface area contributed by atoms with E-state index in [1.807, 2.05) is 0 Å². The van der Waals surface area contributed by atoms with Crippen molar-refractivity contribution in [3.05, 3.63) is 76.6 Å². The number of imidazole rings is 1. The molecule has 1 heterocycles. The number of halogens is 2. The number of fused-ring (bicyclic) bond motifs is 6. The predicted octanol–water partition coefficient (Wildman–Crippen LogP) is 5.90. The number of ether oxygens (including phenoxy) is 2. The number of aromatic amines is 1. The fraction of sp³-hybridized carbons (Fsp3) is 0.0800. The molecule has 4 aromatic carbocycles. The van der Waals surface area contributed by atoms with Crippen molar-refractivity contribution in [1.82, 2.24) is 9.97 Å². The first-order valence-electron chi connectivity index (χ1n) is 9.93. The minimum absolute atomic E-state index is 0.161. The van der Waals surface area contributed by atoms with Gasteiger partial charge in [0.2, 0.25) is 0 Å². The number of methoxy groups -OCH3 is 2. The van der Waals surface area contributed by atoms with Gasteiger partial charge in [0.1, 0.15) is 11.6 Å². The van der Waals surface area contributed by atoms with E-state index in [9.17, 15) is 14.0 Å². The topological polar surface area (TPSA) is 81.3 Å². The van der Waals surface area contributed by atoms with Crippen LogP contribution >= 0.6 is 11.6 Å². The van der Waals surface area contributed by atoms with Gasteiger partial charge < -0.3 is 14.5 Å². The Morgan fingerprint density at radius 3 is 2.09 bits per heavy atom. The average Bonchev–Trinajstić information content (AvgIpc) is 3.27. The van der Waals surface area contributed by atoms with Crippen LogP contribution in [0.15, 0.2) is 54.6 Å². The standard InChI is InChI=1S/C25H16ClFN2O4/c1-32-24(30)12-6-8-14-16(10-12)17-11-13(25(31)33-2)7-9-15(17)22-21(14)28-23(29-22)20-18(26)4-3-5-19(20)27/h3-11H,1-2H3,(H,28,29). The molecule has 0 aliphatic carbocycles. The number of rotatable bonds is 3.